The minimum atomic E-state index is 0.262. The van der Waals surface area contributed by atoms with Crippen molar-refractivity contribution < 1.29 is 9.15 Å². The van der Waals surface area contributed by atoms with Crippen molar-refractivity contribution >= 4 is 28.4 Å². The Morgan fingerprint density at radius 2 is 1.90 bits per heavy atom. The van der Waals surface area contributed by atoms with E-state index in [0.717, 1.165) is 22.4 Å². The normalized spacial score (nSPS) is 11.0. The summed E-state index contributed by atoms with van der Waals surface area (Å²) in [6.45, 7) is 4.18. The molecule has 0 bridgehead atoms. The molecule has 0 fully saturated rings. The fourth-order valence-corrected chi connectivity index (χ4v) is 2.64. The maximum absolute atomic E-state index is 6.01. The van der Waals surface area contributed by atoms with Crippen LogP contribution < -0.4 is 10.5 Å². The zero-order chi connectivity index (χ0) is 15.0. The molecule has 0 amide bonds. The number of oxazole rings is 1. The van der Waals surface area contributed by atoms with Gasteiger partial charge in [-0.1, -0.05) is 11.6 Å². The van der Waals surface area contributed by atoms with Crippen molar-refractivity contribution in [3.63, 3.8) is 0 Å². The molecule has 2 aromatic carbocycles. The van der Waals surface area contributed by atoms with Gasteiger partial charge in [0, 0.05) is 16.8 Å². The van der Waals surface area contributed by atoms with Gasteiger partial charge in [0.2, 0.25) is 5.89 Å². The van der Waals surface area contributed by atoms with Crippen LogP contribution in [-0.2, 0) is 6.61 Å². The van der Waals surface area contributed by atoms with E-state index in [2.05, 4.69) is 4.98 Å². The average molecular weight is 303 g/mol. The van der Waals surface area contributed by atoms with Crippen LogP contribution in [-0.4, -0.2) is 4.98 Å². The summed E-state index contributed by atoms with van der Waals surface area (Å²) in [5.74, 6) is 1.32. The summed E-state index contributed by atoms with van der Waals surface area (Å²) in [6, 6.07) is 9.12. The summed E-state index contributed by atoms with van der Waals surface area (Å²) < 4.78 is 11.5. The Morgan fingerprint density at radius 3 is 2.62 bits per heavy atom. The van der Waals surface area contributed by atoms with Gasteiger partial charge < -0.3 is 14.9 Å². The van der Waals surface area contributed by atoms with Gasteiger partial charge in [0.1, 0.15) is 11.3 Å². The molecule has 0 aliphatic carbocycles. The van der Waals surface area contributed by atoms with Crippen LogP contribution in [0.5, 0.6) is 5.75 Å². The number of nitrogens with two attached hydrogens (primary N) is 1. The second kappa shape index (κ2) is 5.30. The Hall–Kier alpha value is -2.20. The smallest absolute Gasteiger partial charge is 0.233 e. The van der Waals surface area contributed by atoms with E-state index in [4.69, 9.17) is 26.5 Å². The lowest BCUT2D eigenvalue weighted by atomic mass is 10.1. The Kier molecular flexibility index (Phi) is 3.47. The molecule has 21 heavy (non-hydrogen) atoms. The summed E-state index contributed by atoms with van der Waals surface area (Å²) >= 11 is 6.01. The summed E-state index contributed by atoms with van der Waals surface area (Å²) in [5, 5.41) is 0.703. The number of ether oxygens (including phenoxy) is 1. The lowest BCUT2D eigenvalue weighted by Gasteiger charge is -2.11. The Balaban J connectivity index is 1.83. The number of nitrogens with zero attached hydrogens (tertiary/aromatic N) is 1. The first kappa shape index (κ1) is 13.8. The number of halogens is 1. The van der Waals surface area contributed by atoms with Gasteiger partial charge in [-0.2, -0.15) is 0 Å². The molecule has 0 unspecified atom stereocenters. The van der Waals surface area contributed by atoms with Crippen molar-refractivity contribution in [1.82, 2.24) is 4.98 Å². The third-order valence-corrected chi connectivity index (χ3v) is 3.44. The van der Waals surface area contributed by atoms with Crippen molar-refractivity contribution in [2.75, 3.05) is 5.73 Å². The van der Waals surface area contributed by atoms with Gasteiger partial charge >= 0.3 is 0 Å². The number of nitrogen functional groups attached to an aromatic ring is 1. The first-order valence-electron chi connectivity index (χ1n) is 6.57. The van der Waals surface area contributed by atoms with E-state index in [-0.39, 0.29) is 6.61 Å². The lowest BCUT2D eigenvalue weighted by Crippen LogP contribution is -1.99. The first-order chi connectivity index (χ1) is 10.0. The van der Waals surface area contributed by atoms with E-state index in [1.54, 1.807) is 12.1 Å². The summed E-state index contributed by atoms with van der Waals surface area (Å²) in [5.41, 5.74) is 9.78. The first-order valence-corrected chi connectivity index (χ1v) is 6.95. The highest BCUT2D eigenvalue weighted by Crippen LogP contribution is 2.28. The van der Waals surface area contributed by atoms with Crippen molar-refractivity contribution in [3.05, 3.63) is 52.4 Å². The molecule has 1 aromatic heterocycles. The molecule has 3 aromatic rings. The number of hydrogen-bond acceptors (Lipinski definition) is 4. The lowest BCUT2D eigenvalue weighted by molar-refractivity contribution is 0.264. The Bertz CT molecular complexity index is 788. The molecular formula is C16H15ClN2O2. The minimum absolute atomic E-state index is 0.262. The molecule has 0 saturated heterocycles. The standard InChI is InChI=1S/C16H15ClN2O2/c1-9-5-11(17)6-10(2)16(9)20-8-15-19-13-4-3-12(18)7-14(13)21-15/h3-7H,8,18H2,1-2H3. The molecule has 0 aliphatic rings. The molecule has 1 heterocycles. The molecule has 3 rings (SSSR count). The summed E-state index contributed by atoms with van der Waals surface area (Å²) in [6.07, 6.45) is 0. The molecule has 0 spiro atoms. The highest BCUT2D eigenvalue weighted by molar-refractivity contribution is 6.30. The van der Waals surface area contributed by atoms with Crippen molar-refractivity contribution in [2.45, 2.75) is 20.5 Å². The molecule has 0 saturated carbocycles. The van der Waals surface area contributed by atoms with Gasteiger partial charge in [-0.15, -0.1) is 0 Å². The van der Waals surface area contributed by atoms with Gasteiger partial charge in [-0.3, -0.25) is 0 Å². The van der Waals surface area contributed by atoms with Gasteiger partial charge in [-0.05, 0) is 49.2 Å². The number of benzene rings is 2. The molecule has 4 nitrogen and oxygen atoms in total. The quantitative estimate of drug-likeness (QED) is 0.734. The van der Waals surface area contributed by atoms with Gasteiger partial charge in [-0.25, -0.2) is 4.98 Å². The SMILES string of the molecule is Cc1cc(Cl)cc(C)c1OCc1nc2ccc(N)cc2o1. The van der Waals surface area contributed by atoms with E-state index in [0.29, 0.717) is 22.2 Å². The number of anilines is 1. The van der Waals surface area contributed by atoms with Crippen LogP contribution in [0.1, 0.15) is 17.0 Å². The number of fused-ring (bicyclic) bond motifs is 1. The van der Waals surface area contributed by atoms with Crippen molar-refractivity contribution in [2.24, 2.45) is 0 Å². The molecule has 108 valence electrons. The van der Waals surface area contributed by atoms with Crippen molar-refractivity contribution in [1.29, 1.82) is 0 Å². The second-order valence-corrected chi connectivity index (χ2v) is 5.43. The highest BCUT2D eigenvalue weighted by atomic mass is 35.5. The van der Waals surface area contributed by atoms with Crippen LogP contribution in [0.25, 0.3) is 11.1 Å². The third-order valence-electron chi connectivity index (χ3n) is 3.22. The van der Waals surface area contributed by atoms with E-state index < -0.39 is 0 Å². The van der Waals surface area contributed by atoms with Crippen LogP contribution in [0.3, 0.4) is 0 Å². The van der Waals surface area contributed by atoms with Gasteiger partial charge in [0.05, 0.1) is 0 Å². The molecule has 5 heteroatoms. The topological polar surface area (TPSA) is 61.3 Å². The van der Waals surface area contributed by atoms with E-state index in [1.807, 2.05) is 32.0 Å². The predicted octanol–water partition coefficient (Wildman–Crippen LogP) is 4.26. The van der Waals surface area contributed by atoms with Gasteiger partial charge in [0.15, 0.2) is 12.2 Å². The van der Waals surface area contributed by atoms with E-state index in [9.17, 15) is 0 Å². The van der Waals surface area contributed by atoms with Gasteiger partial charge in [0.25, 0.3) is 0 Å². The van der Waals surface area contributed by atoms with Crippen LogP contribution in [0.2, 0.25) is 5.02 Å². The van der Waals surface area contributed by atoms with E-state index in [1.165, 1.54) is 0 Å². The third kappa shape index (κ3) is 2.81. The Morgan fingerprint density at radius 1 is 1.19 bits per heavy atom. The van der Waals surface area contributed by atoms with E-state index >= 15 is 0 Å². The number of rotatable bonds is 3. The average Bonchev–Trinajstić information content (AvgIpc) is 2.79. The Labute approximate surface area is 127 Å². The molecule has 2 N–H and O–H groups in total. The molecule has 0 aliphatic heterocycles. The molecule has 0 radical (unpaired) electrons. The predicted molar refractivity (Wildman–Crippen MR) is 83.7 cm³/mol. The fourth-order valence-electron chi connectivity index (χ4n) is 2.31. The maximum atomic E-state index is 6.01. The van der Waals surface area contributed by atoms with Crippen molar-refractivity contribution in [3.8, 4) is 5.75 Å². The monoisotopic (exact) mass is 302 g/mol. The highest BCUT2D eigenvalue weighted by Gasteiger charge is 2.10. The molecule has 0 atom stereocenters. The number of hydrogen-bond donors (Lipinski definition) is 1. The summed E-state index contributed by atoms with van der Waals surface area (Å²) in [4.78, 5) is 4.37. The number of aryl methyl sites for hydroxylation is 2. The number of aromatic nitrogens is 1. The van der Waals surface area contributed by atoms with Crippen LogP contribution >= 0.6 is 11.6 Å². The maximum Gasteiger partial charge on any atom is 0.233 e. The van der Waals surface area contributed by atoms with Crippen LogP contribution in [0, 0.1) is 13.8 Å². The minimum Gasteiger partial charge on any atom is -0.483 e. The largest absolute Gasteiger partial charge is 0.483 e. The zero-order valence-corrected chi connectivity index (χ0v) is 12.6. The summed E-state index contributed by atoms with van der Waals surface area (Å²) in [7, 11) is 0. The second-order valence-electron chi connectivity index (χ2n) is 4.99. The molecular weight excluding hydrogens is 288 g/mol. The zero-order valence-electron chi connectivity index (χ0n) is 11.8. The van der Waals surface area contributed by atoms with Crippen LogP contribution in [0.4, 0.5) is 5.69 Å². The van der Waals surface area contributed by atoms with Crippen LogP contribution in [0.15, 0.2) is 34.7 Å². The fraction of sp³-hybridized carbons (Fsp3) is 0.188.